The van der Waals surface area contributed by atoms with Gasteiger partial charge in [-0.1, -0.05) is 24.3 Å². The number of nitrogen functional groups attached to an aromatic ring is 1. The Morgan fingerprint density at radius 1 is 1.25 bits per heavy atom. The van der Waals surface area contributed by atoms with Crippen molar-refractivity contribution in [2.45, 2.75) is 6.92 Å². The molecule has 0 atom stereocenters. The van der Waals surface area contributed by atoms with Crippen LogP contribution in [0, 0.1) is 10.5 Å². The fraction of sp³-hybridized carbons (Fsp3) is 0.133. The minimum atomic E-state index is 0.708. The van der Waals surface area contributed by atoms with Crippen molar-refractivity contribution >= 4 is 39.7 Å². The van der Waals surface area contributed by atoms with Gasteiger partial charge in [-0.05, 0) is 46.5 Å². The number of anilines is 1. The summed E-state index contributed by atoms with van der Waals surface area (Å²) in [5.41, 5.74) is 10.6. The van der Waals surface area contributed by atoms with Crippen LogP contribution in [0.5, 0.6) is 0 Å². The Morgan fingerprint density at radius 3 is 2.75 bits per heavy atom. The van der Waals surface area contributed by atoms with Gasteiger partial charge in [0.15, 0.2) is 0 Å². The predicted octanol–water partition coefficient (Wildman–Crippen LogP) is 4.31. The third-order valence-corrected chi connectivity index (χ3v) is 5.63. The number of hydrogen-bond acceptors (Lipinski definition) is 3. The van der Waals surface area contributed by atoms with E-state index in [1.165, 1.54) is 9.13 Å². The molecule has 2 N–H and O–H groups in total. The second-order valence-corrected chi connectivity index (χ2v) is 6.67. The molecule has 0 spiro atoms. The molecule has 0 saturated heterocycles. The second-order valence-electron chi connectivity index (χ2n) is 4.65. The first-order valence-electron chi connectivity index (χ1n) is 6.21. The SMILES string of the molecule is Cc1cccc(-c2nn(C)c(N)c2-c2cccs2)c1I. The van der Waals surface area contributed by atoms with Crippen LogP contribution in [0.25, 0.3) is 21.7 Å². The molecule has 20 heavy (non-hydrogen) atoms. The van der Waals surface area contributed by atoms with E-state index in [2.05, 4.69) is 64.3 Å². The third kappa shape index (κ3) is 2.14. The first kappa shape index (κ1) is 13.6. The van der Waals surface area contributed by atoms with Crippen LogP contribution < -0.4 is 5.73 Å². The molecule has 0 aliphatic carbocycles. The molecule has 0 bridgehead atoms. The van der Waals surface area contributed by atoms with Crippen LogP contribution in [-0.4, -0.2) is 9.78 Å². The lowest BCUT2D eigenvalue weighted by Crippen LogP contribution is -1.97. The Kier molecular flexibility index (Phi) is 3.55. The summed E-state index contributed by atoms with van der Waals surface area (Å²) < 4.78 is 2.98. The highest BCUT2D eigenvalue weighted by Gasteiger charge is 2.20. The van der Waals surface area contributed by atoms with Crippen LogP contribution in [0.15, 0.2) is 35.7 Å². The second kappa shape index (κ2) is 5.21. The Morgan fingerprint density at radius 2 is 2.05 bits per heavy atom. The molecule has 2 heterocycles. The van der Waals surface area contributed by atoms with Gasteiger partial charge in [0.25, 0.3) is 0 Å². The number of nitrogens with two attached hydrogens (primary N) is 1. The monoisotopic (exact) mass is 395 g/mol. The fourth-order valence-corrected chi connectivity index (χ4v) is 3.61. The molecule has 0 unspecified atom stereocenters. The van der Waals surface area contributed by atoms with Crippen LogP contribution in [0.3, 0.4) is 0 Å². The molecule has 0 saturated carbocycles. The van der Waals surface area contributed by atoms with Crippen molar-refractivity contribution in [3.8, 4) is 21.7 Å². The molecule has 0 radical (unpaired) electrons. The van der Waals surface area contributed by atoms with Crippen molar-refractivity contribution < 1.29 is 0 Å². The normalized spacial score (nSPS) is 10.9. The van der Waals surface area contributed by atoms with Gasteiger partial charge in [0, 0.05) is 21.1 Å². The molecular weight excluding hydrogens is 381 g/mol. The number of rotatable bonds is 2. The molecule has 102 valence electrons. The minimum Gasteiger partial charge on any atom is -0.383 e. The number of hydrogen-bond donors (Lipinski definition) is 1. The maximum absolute atomic E-state index is 6.22. The molecule has 0 amide bonds. The van der Waals surface area contributed by atoms with E-state index in [9.17, 15) is 0 Å². The van der Waals surface area contributed by atoms with Crippen molar-refractivity contribution in [3.63, 3.8) is 0 Å². The Labute approximate surface area is 135 Å². The largest absolute Gasteiger partial charge is 0.383 e. The zero-order valence-corrected chi connectivity index (χ0v) is 14.2. The van der Waals surface area contributed by atoms with E-state index in [-0.39, 0.29) is 0 Å². The summed E-state index contributed by atoms with van der Waals surface area (Å²) >= 11 is 4.06. The summed E-state index contributed by atoms with van der Waals surface area (Å²) in [4.78, 5) is 1.16. The van der Waals surface area contributed by atoms with Gasteiger partial charge in [0.1, 0.15) is 11.5 Å². The molecule has 1 aromatic carbocycles. The van der Waals surface area contributed by atoms with Crippen molar-refractivity contribution in [2.24, 2.45) is 7.05 Å². The first-order valence-corrected chi connectivity index (χ1v) is 8.17. The number of nitrogens with zero attached hydrogens (tertiary/aromatic N) is 2. The van der Waals surface area contributed by atoms with Gasteiger partial charge < -0.3 is 5.73 Å². The maximum atomic E-state index is 6.22. The third-order valence-electron chi connectivity index (χ3n) is 3.31. The molecule has 0 aliphatic heterocycles. The van der Waals surface area contributed by atoms with Crippen LogP contribution in [-0.2, 0) is 7.05 Å². The lowest BCUT2D eigenvalue weighted by atomic mass is 10.0. The zero-order chi connectivity index (χ0) is 14.3. The van der Waals surface area contributed by atoms with Gasteiger partial charge in [0.2, 0.25) is 0 Å². The molecule has 5 heteroatoms. The number of thiophene rings is 1. The fourth-order valence-electron chi connectivity index (χ4n) is 2.22. The van der Waals surface area contributed by atoms with E-state index in [0.717, 1.165) is 21.7 Å². The molecule has 3 nitrogen and oxygen atoms in total. The van der Waals surface area contributed by atoms with E-state index < -0.39 is 0 Å². The van der Waals surface area contributed by atoms with Gasteiger partial charge in [0.05, 0.1) is 5.56 Å². The van der Waals surface area contributed by atoms with E-state index in [1.54, 1.807) is 16.0 Å². The highest BCUT2D eigenvalue weighted by Crippen LogP contribution is 2.40. The molecule has 2 aromatic heterocycles. The summed E-state index contributed by atoms with van der Waals surface area (Å²) in [6, 6.07) is 10.4. The van der Waals surface area contributed by atoms with Crippen LogP contribution in [0.1, 0.15) is 5.56 Å². The van der Waals surface area contributed by atoms with Crippen molar-refractivity contribution in [3.05, 3.63) is 44.8 Å². The standard InChI is InChI=1S/C15H14IN3S/c1-9-5-3-6-10(13(9)16)14-12(11-7-4-8-20-11)15(17)19(2)18-14/h3-8H,17H2,1-2H3. The van der Waals surface area contributed by atoms with Gasteiger partial charge in [-0.3, -0.25) is 4.68 Å². The lowest BCUT2D eigenvalue weighted by Gasteiger charge is -2.06. The molecular formula is C15H14IN3S. The lowest BCUT2D eigenvalue weighted by molar-refractivity contribution is 0.782. The molecule has 0 aliphatic rings. The van der Waals surface area contributed by atoms with E-state index in [0.29, 0.717) is 5.82 Å². The number of aromatic nitrogens is 2. The van der Waals surface area contributed by atoms with Gasteiger partial charge in [-0.2, -0.15) is 5.10 Å². The minimum absolute atomic E-state index is 0.708. The van der Waals surface area contributed by atoms with Crippen LogP contribution in [0.4, 0.5) is 5.82 Å². The molecule has 3 aromatic rings. The van der Waals surface area contributed by atoms with Crippen LogP contribution >= 0.6 is 33.9 Å². The highest BCUT2D eigenvalue weighted by atomic mass is 127. The average Bonchev–Trinajstić information content (AvgIpc) is 3.03. The van der Waals surface area contributed by atoms with Gasteiger partial charge in [-0.25, -0.2) is 0 Å². The predicted molar refractivity (Wildman–Crippen MR) is 93.8 cm³/mol. The van der Waals surface area contributed by atoms with E-state index in [1.807, 2.05) is 13.1 Å². The topological polar surface area (TPSA) is 43.8 Å². The van der Waals surface area contributed by atoms with Crippen molar-refractivity contribution in [2.75, 3.05) is 5.73 Å². The first-order chi connectivity index (χ1) is 9.59. The number of benzene rings is 1. The Hall–Kier alpha value is -1.34. The number of halogens is 1. The average molecular weight is 395 g/mol. The van der Waals surface area contributed by atoms with Gasteiger partial charge in [-0.15, -0.1) is 11.3 Å². The Bertz CT molecular complexity index is 760. The van der Waals surface area contributed by atoms with Crippen molar-refractivity contribution in [1.29, 1.82) is 0 Å². The van der Waals surface area contributed by atoms with Crippen molar-refractivity contribution in [1.82, 2.24) is 9.78 Å². The molecule has 0 fully saturated rings. The zero-order valence-electron chi connectivity index (χ0n) is 11.2. The molecule has 3 rings (SSSR count). The highest BCUT2D eigenvalue weighted by molar-refractivity contribution is 14.1. The maximum Gasteiger partial charge on any atom is 0.130 e. The van der Waals surface area contributed by atoms with E-state index >= 15 is 0 Å². The summed E-state index contributed by atoms with van der Waals surface area (Å²) in [5.74, 6) is 0.708. The summed E-state index contributed by atoms with van der Waals surface area (Å²) in [5, 5.41) is 6.69. The van der Waals surface area contributed by atoms with Crippen LogP contribution in [0.2, 0.25) is 0 Å². The summed E-state index contributed by atoms with van der Waals surface area (Å²) in [7, 11) is 1.89. The quantitative estimate of drug-likeness (QED) is 0.658. The van der Waals surface area contributed by atoms with Gasteiger partial charge >= 0.3 is 0 Å². The Balaban J connectivity index is 2.30. The summed E-state index contributed by atoms with van der Waals surface area (Å²) in [6.45, 7) is 2.11. The summed E-state index contributed by atoms with van der Waals surface area (Å²) in [6.07, 6.45) is 0. The number of aryl methyl sites for hydroxylation is 2. The smallest absolute Gasteiger partial charge is 0.130 e. The van der Waals surface area contributed by atoms with E-state index in [4.69, 9.17) is 5.73 Å².